The molecule has 0 bridgehead atoms. The molecule has 0 amide bonds. The van der Waals surface area contributed by atoms with E-state index in [0.29, 0.717) is 17.8 Å². The molecular formula is C6H9N3O. The molecule has 0 aliphatic carbocycles. The minimum absolute atomic E-state index is 0.319. The summed E-state index contributed by atoms with van der Waals surface area (Å²) in [6.45, 7) is 1.80. The van der Waals surface area contributed by atoms with Crippen molar-refractivity contribution in [3.63, 3.8) is 0 Å². The summed E-state index contributed by atoms with van der Waals surface area (Å²) < 4.78 is 1.67. The average Bonchev–Trinajstić information content (AvgIpc) is 2.17. The highest BCUT2D eigenvalue weighted by atomic mass is 16.1. The molecule has 0 saturated heterocycles. The third-order valence-electron chi connectivity index (χ3n) is 1.50. The minimum Gasteiger partial charge on any atom is -0.383 e. The number of nitrogens with two attached hydrogens (primary N) is 1. The monoisotopic (exact) mass is 139 g/mol. The molecule has 4 nitrogen and oxygen atoms in total. The smallest absolute Gasteiger partial charge is 0.172 e. The van der Waals surface area contributed by atoms with Crippen molar-refractivity contribution in [2.45, 2.75) is 6.92 Å². The maximum Gasteiger partial charge on any atom is 0.172 e. The Hall–Kier alpha value is -1.32. The van der Waals surface area contributed by atoms with Crippen LogP contribution >= 0.6 is 0 Å². The summed E-state index contributed by atoms with van der Waals surface area (Å²) in [5.41, 5.74) is 5.80. The SMILES string of the molecule is Cc1nc(C=O)c(N)n1C. The molecule has 0 unspecified atom stereocenters. The molecule has 54 valence electrons. The largest absolute Gasteiger partial charge is 0.383 e. The summed E-state index contributed by atoms with van der Waals surface area (Å²) >= 11 is 0. The van der Waals surface area contributed by atoms with E-state index in [1.54, 1.807) is 18.5 Å². The van der Waals surface area contributed by atoms with Crippen LogP contribution in [0, 0.1) is 6.92 Å². The molecule has 0 aliphatic rings. The van der Waals surface area contributed by atoms with Crippen LogP contribution in [-0.4, -0.2) is 15.8 Å². The molecular weight excluding hydrogens is 130 g/mol. The highest BCUT2D eigenvalue weighted by Crippen LogP contribution is 2.08. The van der Waals surface area contributed by atoms with E-state index in [2.05, 4.69) is 4.98 Å². The lowest BCUT2D eigenvalue weighted by atomic mass is 10.5. The van der Waals surface area contributed by atoms with E-state index in [9.17, 15) is 4.79 Å². The Bertz CT molecular complexity index is 264. The van der Waals surface area contributed by atoms with Crippen molar-refractivity contribution in [3.05, 3.63) is 11.5 Å². The number of nitrogen functional groups attached to an aromatic ring is 1. The van der Waals surface area contributed by atoms with Gasteiger partial charge in [0.1, 0.15) is 17.3 Å². The van der Waals surface area contributed by atoms with E-state index in [1.807, 2.05) is 0 Å². The number of hydrogen-bond acceptors (Lipinski definition) is 3. The molecule has 0 fully saturated rings. The summed E-state index contributed by atoms with van der Waals surface area (Å²) in [6.07, 6.45) is 0.655. The summed E-state index contributed by atoms with van der Waals surface area (Å²) in [6, 6.07) is 0. The number of rotatable bonds is 1. The molecule has 2 N–H and O–H groups in total. The molecule has 1 heterocycles. The van der Waals surface area contributed by atoms with Crippen molar-refractivity contribution in [2.75, 3.05) is 5.73 Å². The van der Waals surface area contributed by atoms with Crippen LogP contribution in [-0.2, 0) is 7.05 Å². The van der Waals surface area contributed by atoms with Crippen LogP contribution in [0.4, 0.5) is 5.82 Å². The maximum atomic E-state index is 10.2. The van der Waals surface area contributed by atoms with Crippen LogP contribution in [0.15, 0.2) is 0 Å². The van der Waals surface area contributed by atoms with Gasteiger partial charge in [0, 0.05) is 7.05 Å². The second-order valence-corrected chi connectivity index (χ2v) is 2.11. The Morgan fingerprint density at radius 1 is 1.70 bits per heavy atom. The van der Waals surface area contributed by atoms with Gasteiger partial charge < -0.3 is 10.3 Å². The Balaban J connectivity index is 3.30. The normalized spacial score (nSPS) is 9.80. The zero-order chi connectivity index (χ0) is 7.72. The van der Waals surface area contributed by atoms with Crippen molar-refractivity contribution in [3.8, 4) is 0 Å². The van der Waals surface area contributed by atoms with Gasteiger partial charge in [-0.15, -0.1) is 0 Å². The second kappa shape index (κ2) is 2.13. The topological polar surface area (TPSA) is 60.9 Å². The van der Waals surface area contributed by atoms with E-state index in [-0.39, 0.29) is 0 Å². The molecule has 0 atom stereocenters. The van der Waals surface area contributed by atoms with E-state index in [0.717, 1.165) is 5.82 Å². The zero-order valence-corrected chi connectivity index (χ0v) is 5.96. The van der Waals surface area contributed by atoms with Gasteiger partial charge in [0.25, 0.3) is 0 Å². The third-order valence-corrected chi connectivity index (χ3v) is 1.50. The van der Waals surface area contributed by atoms with E-state index < -0.39 is 0 Å². The van der Waals surface area contributed by atoms with Crippen molar-refractivity contribution < 1.29 is 4.79 Å². The molecule has 0 radical (unpaired) electrons. The van der Waals surface area contributed by atoms with Crippen LogP contribution in [0.1, 0.15) is 16.3 Å². The lowest BCUT2D eigenvalue weighted by molar-refractivity contribution is 0.112. The number of aldehydes is 1. The lowest BCUT2D eigenvalue weighted by Gasteiger charge is -1.94. The average molecular weight is 139 g/mol. The number of aryl methyl sites for hydroxylation is 1. The van der Waals surface area contributed by atoms with Gasteiger partial charge in [-0.3, -0.25) is 4.79 Å². The first-order chi connectivity index (χ1) is 4.66. The number of imidazole rings is 1. The first-order valence-corrected chi connectivity index (χ1v) is 2.90. The van der Waals surface area contributed by atoms with E-state index >= 15 is 0 Å². The van der Waals surface area contributed by atoms with Crippen LogP contribution in [0.3, 0.4) is 0 Å². The van der Waals surface area contributed by atoms with Crippen molar-refractivity contribution in [2.24, 2.45) is 7.05 Å². The number of aromatic nitrogens is 2. The number of anilines is 1. The fourth-order valence-corrected chi connectivity index (χ4v) is 0.739. The molecule has 1 aromatic rings. The fraction of sp³-hybridized carbons (Fsp3) is 0.333. The van der Waals surface area contributed by atoms with Crippen LogP contribution in [0.2, 0.25) is 0 Å². The standard InChI is InChI=1S/C6H9N3O/c1-4-8-5(3-10)6(7)9(4)2/h3H,7H2,1-2H3. The predicted molar refractivity (Wildman–Crippen MR) is 37.7 cm³/mol. The summed E-state index contributed by atoms with van der Waals surface area (Å²) in [7, 11) is 1.77. The quantitative estimate of drug-likeness (QED) is 0.562. The Kier molecular flexibility index (Phi) is 1.45. The van der Waals surface area contributed by atoms with E-state index in [1.165, 1.54) is 0 Å². The molecule has 0 aromatic carbocycles. The number of carbonyl (C=O) groups excluding carboxylic acids is 1. The molecule has 0 saturated carbocycles. The van der Waals surface area contributed by atoms with Gasteiger partial charge in [-0.25, -0.2) is 4.98 Å². The van der Waals surface area contributed by atoms with Crippen molar-refractivity contribution in [1.29, 1.82) is 0 Å². The van der Waals surface area contributed by atoms with Crippen molar-refractivity contribution >= 4 is 12.1 Å². The fourth-order valence-electron chi connectivity index (χ4n) is 0.739. The Labute approximate surface area is 58.7 Å². The van der Waals surface area contributed by atoms with Gasteiger partial charge in [-0.05, 0) is 6.92 Å². The highest BCUT2D eigenvalue weighted by molar-refractivity contribution is 5.79. The highest BCUT2D eigenvalue weighted by Gasteiger charge is 2.05. The first-order valence-electron chi connectivity index (χ1n) is 2.90. The molecule has 4 heteroatoms. The van der Waals surface area contributed by atoms with Gasteiger partial charge in [0.2, 0.25) is 0 Å². The molecule has 1 rings (SSSR count). The number of hydrogen-bond donors (Lipinski definition) is 1. The van der Waals surface area contributed by atoms with E-state index in [4.69, 9.17) is 5.73 Å². The first kappa shape index (κ1) is 6.80. The summed E-state index contributed by atoms with van der Waals surface area (Å²) in [5, 5.41) is 0. The van der Waals surface area contributed by atoms with Gasteiger partial charge in [0.15, 0.2) is 6.29 Å². The van der Waals surface area contributed by atoms with Crippen LogP contribution in [0.5, 0.6) is 0 Å². The Morgan fingerprint density at radius 3 is 2.50 bits per heavy atom. The Morgan fingerprint density at radius 2 is 2.30 bits per heavy atom. The molecule has 1 aromatic heterocycles. The second-order valence-electron chi connectivity index (χ2n) is 2.11. The predicted octanol–water partition coefficient (Wildman–Crippen LogP) is 0.123. The molecule has 10 heavy (non-hydrogen) atoms. The number of carbonyl (C=O) groups is 1. The van der Waals surface area contributed by atoms with Gasteiger partial charge in [-0.1, -0.05) is 0 Å². The lowest BCUT2D eigenvalue weighted by Crippen LogP contribution is -1.98. The molecule has 0 aliphatic heterocycles. The van der Waals surface area contributed by atoms with Crippen molar-refractivity contribution in [1.82, 2.24) is 9.55 Å². The number of nitrogens with zero attached hydrogens (tertiary/aromatic N) is 2. The van der Waals surface area contributed by atoms with Gasteiger partial charge in [-0.2, -0.15) is 0 Å². The molecule has 0 spiro atoms. The zero-order valence-electron chi connectivity index (χ0n) is 5.96. The summed E-state index contributed by atoms with van der Waals surface area (Å²) in [4.78, 5) is 14.1. The minimum atomic E-state index is 0.319. The van der Waals surface area contributed by atoms with Gasteiger partial charge in [0.05, 0.1) is 0 Å². The van der Waals surface area contributed by atoms with Gasteiger partial charge >= 0.3 is 0 Å². The van der Waals surface area contributed by atoms with Crippen LogP contribution < -0.4 is 5.73 Å². The van der Waals surface area contributed by atoms with Crippen LogP contribution in [0.25, 0.3) is 0 Å². The maximum absolute atomic E-state index is 10.2. The third kappa shape index (κ3) is 0.775. The summed E-state index contributed by atoms with van der Waals surface area (Å²) in [5.74, 6) is 1.17.